The van der Waals surface area contributed by atoms with E-state index in [0.29, 0.717) is 5.52 Å². The van der Waals surface area contributed by atoms with Crippen molar-refractivity contribution in [2.75, 3.05) is 6.26 Å². The molecule has 0 saturated heterocycles. The molecule has 0 radical (unpaired) electrons. The number of pyridine rings is 1. The van der Waals surface area contributed by atoms with E-state index in [1.807, 2.05) is 18.2 Å². The van der Waals surface area contributed by atoms with Crippen molar-refractivity contribution in [3.8, 4) is 11.6 Å². The molecule has 1 aromatic heterocycles. The number of aromatic nitrogens is 1. The number of amides is 1. The van der Waals surface area contributed by atoms with Crippen molar-refractivity contribution >= 4 is 38.4 Å². The first-order valence-electron chi connectivity index (χ1n) is 7.28. The van der Waals surface area contributed by atoms with Crippen LogP contribution < -0.4 is 9.46 Å². The fraction of sp³-hybridized carbons (Fsp3) is 0.0588. The van der Waals surface area contributed by atoms with E-state index in [4.69, 9.17) is 16.3 Å². The van der Waals surface area contributed by atoms with Crippen molar-refractivity contribution in [2.24, 2.45) is 0 Å². The lowest BCUT2D eigenvalue weighted by atomic mass is 10.2. The molecule has 1 N–H and O–H groups in total. The van der Waals surface area contributed by atoms with E-state index in [9.17, 15) is 17.6 Å². The van der Waals surface area contributed by atoms with Gasteiger partial charge < -0.3 is 4.74 Å². The molecule has 2 aromatic carbocycles. The summed E-state index contributed by atoms with van der Waals surface area (Å²) in [6, 6.07) is 12.6. The number of hydrogen-bond donors (Lipinski definition) is 1. The fourth-order valence-corrected chi connectivity index (χ4v) is 2.87. The number of para-hydroxylation sites is 1. The summed E-state index contributed by atoms with van der Waals surface area (Å²) in [6.45, 7) is 0. The summed E-state index contributed by atoms with van der Waals surface area (Å²) in [7, 11) is -3.83. The number of hydrogen-bond acceptors (Lipinski definition) is 5. The molecular weight excluding hydrogens is 383 g/mol. The zero-order chi connectivity index (χ0) is 18.9. The fourth-order valence-electron chi connectivity index (χ4n) is 2.22. The van der Waals surface area contributed by atoms with Crippen LogP contribution in [0.2, 0.25) is 5.02 Å². The maximum Gasteiger partial charge on any atom is 0.267 e. The molecule has 6 nitrogen and oxygen atoms in total. The number of sulfonamides is 1. The molecule has 0 aliphatic rings. The number of benzene rings is 2. The van der Waals surface area contributed by atoms with Crippen LogP contribution in [0.1, 0.15) is 10.4 Å². The van der Waals surface area contributed by atoms with Gasteiger partial charge in [0, 0.05) is 17.5 Å². The smallest absolute Gasteiger partial charge is 0.267 e. The molecular formula is C17H12ClFN2O4S. The Bertz CT molecular complexity index is 1120. The lowest BCUT2D eigenvalue weighted by Gasteiger charge is -2.10. The maximum absolute atomic E-state index is 14.2. The lowest BCUT2D eigenvalue weighted by Crippen LogP contribution is -2.30. The second-order valence-corrected chi connectivity index (χ2v) is 7.57. The van der Waals surface area contributed by atoms with E-state index in [0.717, 1.165) is 23.8 Å². The monoisotopic (exact) mass is 394 g/mol. The third kappa shape index (κ3) is 4.09. The Labute approximate surface area is 153 Å². The minimum Gasteiger partial charge on any atom is -0.437 e. The molecule has 3 rings (SSSR count). The van der Waals surface area contributed by atoms with Crippen LogP contribution in [0.25, 0.3) is 10.9 Å². The molecule has 134 valence electrons. The van der Waals surface area contributed by atoms with E-state index in [-0.39, 0.29) is 16.7 Å². The summed E-state index contributed by atoms with van der Waals surface area (Å²) < 4.78 is 43.6. The van der Waals surface area contributed by atoms with Gasteiger partial charge in [0.05, 0.1) is 22.4 Å². The summed E-state index contributed by atoms with van der Waals surface area (Å²) in [5.41, 5.74) is 0.171. The standard InChI is InChI=1S/C17H12ClFN2O4S/c1-26(23,24)21-17(22)11-8-12(18)15(9-13(11)19)25-16-7-6-10-4-2-3-5-14(10)20-16/h2-9H,1H3,(H,21,22). The summed E-state index contributed by atoms with van der Waals surface area (Å²) in [5, 5.41) is 0.838. The van der Waals surface area contributed by atoms with Crippen LogP contribution in [-0.4, -0.2) is 25.6 Å². The van der Waals surface area contributed by atoms with Gasteiger partial charge in [0.2, 0.25) is 15.9 Å². The van der Waals surface area contributed by atoms with Crippen LogP contribution in [0.3, 0.4) is 0 Å². The molecule has 0 aliphatic carbocycles. The first-order valence-corrected chi connectivity index (χ1v) is 9.55. The SMILES string of the molecule is CS(=O)(=O)NC(=O)c1cc(Cl)c(Oc2ccc3ccccc3n2)cc1F. The highest BCUT2D eigenvalue weighted by Crippen LogP contribution is 2.31. The molecule has 0 aliphatic heterocycles. The minimum absolute atomic E-state index is 0.0529. The van der Waals surface area contributed by atoms with Crippen LogP contribution in [0.4, 0.5) is 4.39 Å². The number of halogens is 2. The second-order valence-electron chi connectivity index (χ2n) is 5.41. The van der Waals surface area contributed by atoms with Gasteiger partial charge in [0.25, 0.3) is 5.91 Å². The number of nitrogens with one attached hydrogen (secondary N) is 1. The Morgan fingerprint density at radius 1 is 1.19 bits per heavy atom. The predicted octanol–water partition coefficient (Wildman–Crippen LogP) is 3.51. The molecule has 0 saturated carbocycles. The Kier molecular flexibility index (Phi) is 4.80. The quantitative estimate of drug-likeness (QED) is 0.731. The van der Waals surface area contributed by atoms with Gasteiger partial charge in [-0.2, -0.15) is 0 Å². The highest BCUT2D eigenvalue weighted by Gasteiger charge is 2.19. The van der Waals surface area contributed by atoms with Gasteiger partial charge >= 0.3 is 0 Å². The van der Waals surface area contributed by atoms with E-state index in [1.165, 1.54) is 0 Å². The van der Waals surface area contributed by atoms with Crippen molar-refractivity contribution in [2.45, 2.75) is 0 Å². The van der Waals surface area contributed by atoms with Gasteiger partial charge in [-0.3, -0.25) is 4.79 Å². The highest BCUT2D eigenvalue weighted by molar-refractivity contribution is 7.89. The molecule has 0 fully saturated rings. The van der Waals surface area contributed by atoms with Crippen molar-refractivity contribution in [1.29, 1.82) is 0 Å². The minimum atomic E-state index is -3.83. The van der Waals surface area contributed by atoms with Gasteiger partial charge in [-0.05, 0) is 18.2 Å². The second kappa shape index (κ2) is 6.89. The van der Waals surface area contributed by atoms with E-state index in [1.54, 1.807) is 22.9 Å². The number of nitrogens with zero attached hydrogens (tertiary/aromatic N) is 1. The Morgan fingerprint density at radius 3 is 2.65 bits per heavy atom. The molecule has 3 aromatic rings. The van der Waals surface area contributed by atoms with E-state index < -0.39 is 27.3 Å². The van der Waals surface area contributed by atoms with Crippen LogP contribution in [-0.2, 0) is 10.0 Å². The topological polar surface area (TPSA) is 85.4 Å². The first-order chi connectivity index (χ1) is 12.2. The third-order valence-electron chi connectivity index (χ3n) is 3.33. The van der Waals surface area contributed by atoms with Crippen molar-refractivity contribution in [3.63, 3.8) is 0 Å². The average Bonchev–Trinajstić information content (AvgIpc) is 2.56. The van der Waals surface area contributed by atoms with E-state index in [2.05, 4.69) is 4.98 Å². The van der Waals surface area contributed by atoms with Crippen molar-refractivity contribution < 1.29 is 22.3 Å². The summed E-state index contributed by atoms with van der Waals surface area (Å²) in [4.78, 5) is 16.1. The predicted molar refractivity (Wildman–Crippen MR) is 95.5 cm³/mol. The zero-order valence-corrected chi connectivity index (χ0v) is 14.9. The third-order valence-corrected chi connectivity index (χ3v) is 4.18. The van der Waals surface area contributed by atoms with Crippen LogP contribution in [0.15, 0.2) is 48.5 Å². The Morgan fingerprint density at radius 2 is 1.92 bits per heavy atom. The molecule has 1 heterocycles. The maximum atomic E-state index is 14.2. The summed E-state index contributed by atoms with van der Waals surface area (Å²) in [5.74, 6) is -1.96. The lowest BCUT2D eigenvalue weighted by molar-refractivity contribution is 0.0977. The van der Waals surface area contributed by atoms with Gasteiger partial charge in [-0.1, -0.05) is 29.8 Å². The Balaban J connectivity index is 1.91. The highest BCUT2D eigenvalue weighted by atomic mass is 35.5. The summed E-state index contributed by atoms with van der Waals surface area (Å²) >= 11 is 6.04. The molecule has 1 amide bonds. The zero-order valence-electron chi connectivity index (χ0n) is 13.4. The van der Waals surface area contributed by atoms with Gasteiger partial charge in [0.1, 0.15) is 5.82 Å². The van der Waals surface area contributed by atoms with E-state index >= 15 is 0 Å². The van der Waals surface area contributed by atoms with Crippen LogP contribution in [0.5, 0.6) is 11.6 Å². The average molecular weight is 395 g/mol. The number of carbonyl (C=O) groups excluding carboxylic acids is 1. The number of carbonyl (C=O) groups is 1. The largest absolute Gasteiger partial charge is 0.437 e. The molecule has 0 bridgehead atoms. The van der Waals surface area contributed by atoms with Gasteiger partial charge in [-0.25, -0.2) is 22.5 Å². The van der Waals surface area contributed by atoms with Gasteiger partial charge in [-0.15, -0.1) is 0 Å². The normalized spacial score (nSPS) is 11.3. The molecule has 26 heavy (non-hydrogen) atoms. The number of rotatable bonds is 4. The van der Waals surface area contributed by atoms with Crippen LogP contribution >= 0.6 is 11.6 Å². The number of ether oxygens (including phenoxy) is 1. The molecule has 0 atom stereocenters. The van der Waals surface area contributed by atoms with Gasteiger partial charge in [0.15, 0.2) is 5.75 Å². The Hall–Kier alpha value is -2.71. The summed E-state index contributed by atoms with van der Waals surface area (Å²) in [6.07, 6.45) is 0.785. The number of fused-ring (bicyclic) bond motifs is 1. The first kappa shape index (κ1) is 18.1. The molecule has 9 heteroatoms. The van der Waals surface area contributed by atoms with Crippen LogP contribution in [0, 0.1) is 5.82 Å². The van der Waals surface area contributed by atoms with Crippen molar-refractivity contribution in [1.82, 2.24) is 9.71 Å². The molecule has 0 unspecified atom stereocenters. The molecule has 0 spiro atoms. The van der Waals surface area contributed by atoms with Crippen molar-refractivity contribution in [3.05, 3.63) is 64.9 Å².